The smallest absolute Gasteiger partial charge is 0.434 e. The first kappa shape index (κ1) is 19.5. The molecule has 0 aliphatic rings. The molecule has 3 heteroatoms. The minimum Gasteiger partial charge on any atom is -0.434 e. The molecule has 0 unspecified atom stereocenters. The highest BCUT2D eigenvalue weighted by Crippen LogP contribution is 2.07. The fourth-order valence-electron chi connectivity index (χ4n) is 2.45. The van der Waals surface area contributed by atoms with Crippen LogP contribution in [0.3, 0.4) is 0 Å². The van der Waals surface area contributed by atoms with Gasteiger partial charge >= 0.3 is 6.16 Å². The summed E-state index contributed by atoms with van der Waals surface area (Å²) in [6.45, 7) is 4.76. The molecule has 2 aromatic carbocycles. The third kappa shape index (κ3) is 7.84. The van der Waals surface area contributed by atoms with Gasteiger partial charge in [-0.05, 0) is 25.0 Å². The number of carbonyl (C=O) groups excluding carboxylic acids is 1. The molecular weight excluding hydrogens is 324 g/mol. The lowest BCUT2D eigenvalue weighted by molar-refractivity contribution is 0.0578. The van der Waals surface area contributed by atoms with Crippen molar-refractivity contribution in [2.24, 2.45) is 0 Å². The Labute approximate surface area is 156 Å². The molecule has 0 aromatic heterocycles. The van der Waals surface area contributed by atoms with E-state index >= 15 is 0 Å². The normalized spacial score (nSPS) is 11.2. The van der Waals surface area contributed by atoms with Crippen LogP contribution in [0, 0.1) is 13.8 Å². The Balaban J connectivity index is 1.56. The van der Waals surface area contributed by atoms with Crippen molar-refractivity contribution in [3.63, 3.8) is 0 Å². The lowest BCUT2D eigenvalue weighted by Crippen LogP contribution is -2.08. The van der Waals surface area contributed by atoms with Gasteiger partial charge in [-0.1, -0.05) is 84.0 Å². The van der Waals surface area contributed by atoms with Crippen LogP contribution in [-0.4, -0.2) is 19.4 Å². The summed E-state index contributed by atoms with van der Waals surface area (Å²) in [7, 11) is 0. The average Bonchev–Trinajstić information content (AvgIpc) is 2.61. The standard InChI is InChI=1S/C23H26O3/c1-19-9-7-13-21(17-19)11-3-5-15-25-23(24)26-16-6-4-12-22-14-8-10-20(2)18-22/h3-4,7-14,17-18H,5-6,15-16H2,1-2H3/b11-3+,12-4+. The van der Waals surface area contributed by atoms with E-state index in [4.69, 9.17) is 9.47 Å². The van der Waals surface area contributed by atoms with Crippen LogP contribution in [0.25, 0.3) is 12.2 Å². The SMILES string of the molecule is Cc1cccc(/C=C/CCOC(=O)OCC/C=C/c2cccc(C)c2)c1. The Morgan fingerprint density at radius 2 is 1.27 bits per heavy atom. The Morgan fingerprint density at radius 3 is 1.69 bits per heavy atom. The van der Waals surface area contributed by atoms with E-state index in [1.165, 1.54) is 11.1 Å². The largest absolute Gasteiger partial charge is 0.508 e. The number of ether oxygens (including phenoxy) is 2. The van der Waals surface area contributed by atoms with Gasteiger partial charge in [0.05, 0.1) is 13.2 Å². The molecule has 0 atom stereocenters. The third-order valence-corrected chi connectivity index (χ3v) is 3.71. The highest BCUT2D eigenvalue weighted by atomic mass is 16.7. The van der Waals surface area contributed by atoms with Crippen molar-refractivity contribution in [1.82, 2.24) is 0 Å². The first-order valence-corrected chi connectivity index (χ1v) is 8.89. The topological polar surface area (TPSA) is 35.5 Å². The summed E-state index contributed by atoms with van der Waals surface area (Å²) in [5.74, 6) is 0. The van der Waals surface area contributed by atoms with Crippen molar-refractivity contribution in [3.8, 4) is 0 Å². The van der Waals surface area contributed by atoms with Crippen molar-refractivity contribution in [3.05, 3.63) is 82.9 Å². The zero-order chi connectivity index (χ0) is 18.6. The van der Waals surface area contributed by atoms with E-state index in [0.717, 1.165) is 11.1 Å². The van der Waals surface area contributed by atoms with E-state index in [2.05, 4.69) is 38.1 Å². The van der Waals surface area contributed by atoms with Gasteiger partial charge in [0.1, 0.15) is 0 Å². The van der Waals surface area contributed by atoms with Crippen LogP contribution in [0.5, 0.6) is 0 Å². The van der Waals surface area contributed by atoms with Crippen molar-refractivity contribution < 1.29 is 14.3 Å². The fourth-order valence-corrected chi connectivity index (χ4v) is 2.45. The van der Waals surface area contributed by atoms with Crippen LogP contribution in [0.4, 0.5) is 4.79 Å². The van der Waals surface area contributed by atoms with Gasteiger partial charge in [0.15, 0.2) is 0 Å². The molecule has 26 heavy (non-hydrogen) atoms. The molecule has 0 spiro atoms. The highest BCUT2D eigenvalue weighted by molar-refractivity contribution is 5.60. The van der Waals surface area contributed by atoms with E-state index in [1.807, 2.05) is 48.6 Å². The molecule has 0 N–H and O–H groups in total. The Kier molecular flexibility index (Phi) is 8.20. The number of aryl methyl sites for hydroxylation is 2. The molecule has 0 saturated carbocycles. The lowest BCUT2D eigenvalue weighted by atomic mass is 10.1. The minimum atomic E-state index is -0.613. The van der Waals surface area contributed by atoms with Gasteiger partial charge in [0, 0.05) is 12.8 Å². The zero-order valence-electron chi connectivity index (χ0n) is 15.5. The highest BCUT2D eigenvalue weighted by Gasteiger charge is 2.01. The second-order valence-electron chi connectivity index (χ2n) is 6.16. The molecule has 0 heterocycles. The van der Waals surface area contributed by atoms with Gasteiger partial charge < -0.3 is 9.47 Å². The van der Waals surface area contributed by atoms with Crippen molar-refractivity contribution in [2.45, 2.75) is 26.7 Å². The quantitative estimate of drug-likeness (QED) is 0.435. The zero-order valence-corrected chi connectivity index (χ0v) is 15.5. The van der Waals surface area contributed by atoms with Crippen LogP contribution in [-0.2, 0) is 9.47 Å². The minimum absolute atomic E-state index is 0.320. The number of hydrogen-bond donors (Lipinski definition) is 0. The first-order chi connectivity index (χ1) is 12.6. The van der Waals surface area contributed by atoms with E-state index in [9.17, 15) is 4.79 Å². The summed E-state index contributed by atoms with van der Waals surface area (Å²) in [5.41, 5.74) is 4.74. The van der Waals surface area contributed by atoms with E-state index < -0.39 is 6.16 Å². The van der Waals surface area contributed by atoms with Crippen molar-refractivity contribution in [1.29, 1.82) is 0 Å². The Morgan fingerprint density at radius 1 is 0.808 bits per heavy atom. The second kappa shape index (κ2) is 10.9. The molecule has 2 rings (SSSR count). The lowest BCUT2D eigenvalue weighted by Gasteiger charge is -2.03. The Bertz CT molecular complexity index is 696. The van der Waals surface area contributed by atoms with Crippen LogP contribution in [0.15, 0.2) is 60.7 Å². The van der Waals surface area contributed by atoms with Crippen LogP contribution < -0.4 is 0 Å². The summed E-state index contributed by atoms with van der Waals surface area (Å²) in [6.07, 6.45) is 8.75. The van der Waals surface area contributed by atoms with Crippen LogP contribution in [0.2, 0.25) is 0 Å². The molecule has 0 fully saturated rings. The summed E-state index contributed by atoms with van der Waals surface area (Å²) >= 11 is 0. The molecular formula is C23H26O3. The summed E-state index contributed by atoms with van der Waals surface area (Å²) in [4.78, 5) is 11.5. The summed E-state index contributed by atoms with van der Waals surface area (Å²) in [5, 5.41) is 0. The predicted molar refractivity (Wildman–Crippen MR) is 107 cm³/mol. The molecule has 0 bridgehead atoms. The van der Waals surface area contributed by atoms with Gasteiger partial charge in [-0.25, -0.2) is 4.79 Å². The number of hydrogen-bond acceptors (Lipinski definition) is 3. The average molecular weight is 350 g/mol. The van der Waals surface area contributed by atoms with E-state index in [1.54, 1.807) is 0 Å². The van der Waals surface area contributed by atoms with Gasteiger partial charge in [-0.3, -0.25) is 0 Å². The maximum absolute atomic E-state index is 11.5. The summed E-state index contributed by atoms with van der Waals surface area (Å²) in [6, 6.07) is 16.5. The number of benzene rings is 2. The molecule has 0 aliphatic carbocycles. The fraction of sp³-hybridized carbons (Fsp3) is 0.261. The number of carbonyl (C=O) groups is 1. The molecule has 3 nitrogen and oxygen atoms in total. The third-order valence-electron chi connectivity index (χ3n) is 3.71. The van der Waals surface area contributed by atoms with E-state index in [0.29, 0.717) is 26.1 Å². The van der Waals surface area contributed by atoms with Gasteiger partial charge in [-0.2, -0.15) is 0 Å². The van der Waals surface area contributed by atoms with Crippen LogP contribution in [0.1, 0.15) is 35.1 Å². The maximum Gasteiger partial charge on any atom is 0.508 e. The predicted octanol–water partition coefficient (Wildman–Crippen LogP) is 5.96. The molecule has 0 radical (unpaired) electrons. The van der Waals surface area contributed by atoms with Gasteiger partial charge in [0.2, 0.25) is 0 Å². The monoisotopic (exact) mass is 350 g/mol. The maximum atomic E-state index is 11.5. The Hall–Kier alpha value is -2.81. The summed E-state index contributed by atoms with van der Waals surface area (Å²) < 4.78 is 10.1. The van der Waals surface area contributed by atoms with Crippen LogP contribution >= 0.6 is 0 Å². The van der Waals surface area contributed by atoms with Gasteiger partial charge in [0.25, 0.3) is 0 Å². The second-order valence-corrected chi connectivity index (χ2v) is 6.16. The number of rotatable bonds is 8. The molecule has 2 aromatic rings. The van der Waals surface area contributed by atoms with Gasteiger partial charge in [-0.15, -0.1) is 0 Å². The van der Waals surface area contributed by atoms with Crippen molar-refractivity contribution >= 4 is 18.3 Å². The van der Waals surface area contributed by atoms with Crippen molar-refractivity contribution in [2.75, 3.05) is 13.2 Å². The first-order valence-electron chi connectivity index (χ1n) is 8.89. The molecule has 0 saturated heterocycles. The molecule has 136 valence electrons. The molecule has 0 aliphatic heterocycles. The van der Waals surface area contributed by atoms with E-state index in [-0.39, 0.29) is 0 Å². The molecule has 0 amide bonds.